The summed E-state index contributed by atoms with van der Waals surface area (Å²) in [6, 6.07) is 12.5. The molecule has 4 nitrogen and oxygen atoms in total. The molecule has 0 spiro atoms. The second-order valence-electron chi connectivity index (χ2n) is 6.49. The number of carbonyl (C=O) groups excluding carboxylic acids is 2. The van der Waals surface area contributed by atoms with Crippen molar-refractivity contribution in [3.05, 3.63) is 58.1 Å². The zero-order valence-corrected chi connectivity index (χ0v) is 16.0. The van der Waals surface area contributed by atoms with Crippen molar-refractivity contribution in [1.82, 2.24) is 0 Å². The van der Waals surface area contributed by atoms with Crippen LogP contribution in [0.2, 0.25) is 10.0 Å². The van der Waals surface area contributed by atoms with Gasteiger partial charge in [0.25, 0.3) is 0 Å². The van der Waals surface area contributed by atoms with Gasteiger partial charge >= 0.3 is 0 Å². The second kappa shape index (κ2) is 7.68. The van der Waals surface area contributed by atoms with Crippen LogP contribution in [0.5, 0.6) is 0 Å². The third-order valence-corrected chi connectivity index (χ3v) is 5.44. The highest BCUT2D eigenvalue weighted by Crippen LogP contribution is 2.45. The Hall–Kier alpha value is -2.04. The SMILES string of the molecule is CCC(=O)Nc1ccc(Cl)c(NC(=O)C2(c3ccc(Cl)cc3)CCC2)c1. The molecule has 2 aromatic rings. The number of hydrogen-bond donors (Lipinski definition) is 2. The molecule has 0 aliphatic heterocycles. The van der Waals surface area contributed by atoms with Crippen LogP contribution in [-0.4, -0.2) is 11.8 Å². The maximum absolute atomic E-state index is 13.1. The molecule has 0 aromatic heterocycles. The van der Waals surface area contributed by atoms with E-state index in [1.54, 1.807) is 37.3 Å². The number of halogens is 2. The molecular formula is C20H20Cl2N2O2. The fraction of sp³-hybridized carbons (Fsp3) is 0.300. The number of nitrogens with one attached hydrogen (secondary N) is 2. The predicted octanol–water partition coefficient (Wildman–Crippen LogP) is 5.40. The maximum atomic E-state index is 13.1. The van der Waals surface area contributed by atoms with E-state index in [9.17, 15) is 9.59 Å². The van der Waals surface area contributed by atoms with E-state index in [0.29, 0.717) is 27.8 Å². The highest BCUT2D eigenvalue weighted by Gasteiger charge is 2.45. The van der Waals surface area contributed by atoms with Crippen molar-refractivity contribution in [2.45, 2.75) is 38.0 Å². The van der Waals surface area contributed by atoms with E-state index in [1.807, 2.05) is 12.1 Å². The molecule has 1 saturated carbocycles. The molecule has 1 aliphatic rings. The van der Waals surface area contributed by atoms with Crippen LogP contribution in [0.25, 0.3) is 0 Å². The molecule has 0 bridgehead atoms. The first-order valence-corrected chi connectivity index (χ1v) is 9.37. The molecule has 0 heterocycles. The highest BCUT2D eigenvalue weighted by molar-refractivity contribution is 6.34. The van der Waals surface area contributed by atoms with Crippen molar-refractivity contribution in [1.29, 1.82) is 0 Å². The zero-order chi connectivity index (χ0) is 18.7. The monoisotopic (exact) mass is 390 g/mol. The lowest BCUT2D eigenvalue weighted by molar-refractivity contribution is -0.124. The summed E-state index contributed by atoms with van der Waals surface area (Å²) in [5, 5.41) is 6.79. The van der Waals surface area contributed by atoms with E-state index in [2.05, 4.69) is 10.6 Å². The van der Waals surface area contributed by atoms with E-state index in [-0.39, 0.29) is 11.8 Å². The molecule has 1 aliphatic carbocycles. The molecule has 2 N–H and O–H groups in total. The smallest absolute Gasteiger partial charge is 0.235 e. The van der Waals surface area contributed by atoms with Gasteiger partial charge in [-0.1, -0.05) is 48.7 Å². The van der Waals surface area contributed by atoms with Crippen molar-refractivity contribution in [3.8, 4) is 0 Å². The fourth-order valence-corrected chi connectivity index (χ4v) is 3.43. The van der Waals surface area contributed by atoms with Crippen molar-refractivity contribution in [2.24, 2.45) is 0 Å². The van der Waals surface area contributed by atoms with Crippen LogP contribution < -0.4 is 10.6 Å². The lowest BCUT2D eigenvalue weighted by Crippen LogP contribution is -2.46. The third-order valence-electron chi connectivity index (χ3n) is 4.86. The van der Waals surface area contributed by atoms with Gasteiger partial charge in [0.15, 0.2) is 0 Å². The van der Waals surface area contributed by atoms with Gasteiger partial charge in [-0.05, 0) is 48.7 Å². The number of rotatable bonds is 5. The summed E-state index contributed by atoms with van der Waals surface area (Å²) in [5.74, 6) is -0.187. The summed E-state index contributed by atoms with van der Waals surface area (Å²) in [6.07, 6.45) is 2.94. The maximum Gasteiger partial charge on any atom is 0.235 e. The van der Waals surface area contributed by atoms with Crippen molar-refractivity contribution < 1.29 is 9.59 Å². The summed E-state index contributed by atoms with van der Waals surface area (Å²) >= 11 is 12.2. The van der Waals surface area contributed by atoms with E-state index in [1.165, 1.54) is 0 Å². The Morgan fingerprint density at radius 2 is 1.73 bits per heavy atom. The van der Waals surface area contributed by atoms with E-state index in [0.717, 1.165) is 24.8 Å². The summed E-state index contributed by atoms with van der Waals surface area (Å²) in [5.41, 5.74) is 1.49. The molecule has 6 heteroatoms. The lowest BCUT2D eigenvalue weighted by atomic mass is 9.64. The van der Waals surface area contributed by atoms with Gasteiger partial charge in [-0.2, -0.15) is 0 Å². The largest absolute Gasteiger partial charge is 0.326 e. The minimum atomic E-state index is -0.559. The number of hydrogen-bond acceptors (Lipinski definition) is 2. The summed E-state index contributed by atoms with van der Waals surface area (Å²) in [7, 11) is 0. The second-order valence-corrected chi connectivity index (χ2v) is 7.34. The normalized spacial score (nSPS) is 15.0. The molecule has 3 rings (SSSR count). The topological polar surface area (TPSA) is 58.2 Å². The van der Waals surface area contributed by atoms with Gasteiger partial charge in [0, 0.05) is 17.1 Å². The minimum Gasteiger partial charge on any atom is -0.326 e. The lowest BCUT2D eigenvalue weighted by Gasteiger charge is -2.40. The van der Waals surface area contributed by atoms with E-state index < -0.39 is 5.41 Å². The first-order chi connectivity index (χ1) is 12.4. The minimum absolute atomic E-state index is 0.0908. The van der Waals surface area contributed by atoms with Crippen LogP contribution >= 0.6 is 23.2 Å². The average molecular weight is 391 g/mol. The molecular weight excluding hydrogens is 371 g/mol. The van der Waals surface area contributed by atoms with E-state index in [4.69, 9.17) is 23.2 Å². The Labute approximate surface area is 162 Å². The van der Waals surface area contributed by atoms with Crippen LogP contribution in [0.1, 0.15) is 38.2 Å². The molecule has 2 aromatic carbocycles. The Morgan fingerprint density at radius 3 is 2.31 bits per heavy atom. The van der Waals surface area contributed by atoms with Crippen molar-refractivity contribution >= 4 is 46.4 Å². The van der Waals surface area contributed by atoms with Crippen LogP contribution in [0, 0.1) is 0 Å². The van der Waals surface area contributed by atoms with Gasteiger partial charge in [0.05, 0.1) is 16.1 Å². The van der Waals surface area contributed by atoms with Gasteiger partial charge in [-0.25, -0.2) is 0 Å². The first-order valence-electron chi connectivity index (χ1n) is 8.61. The Bertz CT molecular complexity index is 830. The van der Waals surface area contributed by atoms with Gasteiger partial charge in [0.1, 0.15) is 0 Å². The fourth-order valence-electron chi connectivity index (χ4n) is 3.14. The summed E-state index contributed by atoms with van der Waals surface area (Å²) in [6.45, 7) is 1.78. The van der Waals surface area contributed by atoms with Crippen LogP contribution in [-0.2, 0) is 15.0 Å². The molecule has 0 saturated heterocycles. The van der Waals surface area contributed by atoms with Gasteiger partial charge in [0.2, 0.25) is 11.8 Å². The highest BCUT2D eigenvalue weighted by atomic mass is 35.5. The number of benzene rings is 2. The van der Waals surface area contributed by atoms with Crippen LogP contribution in [0.15, 0.2) is 42.5 Å². The van der Waals surface area contributed by atoms with Crippen LogP contribution in [0.4, 0.5) is 11.4 Å². The molecule has 2 amide bonds. The predicted molar refractivity (Wildman–Crippen MR) is 106 cm³/mol. The number of carbonyl (C=O) groups is 2. The van der Waals surface area contributed by atoms with Gasteiger partial charge in [-0.15, -0.1) is 0 Å². The molecule has 26 heavy (non-hydrogen) atoms. The van der Waals surface area contributed by atoms with Gasteiger partial charge in [-0.3, -0.25) is 9.59 Å². The molecule has 136 valence electrons. The number of anilines is 2. The number of amides is 2. The zero-order valence-electron chi connectivity index (χ0n) is 14.4. The Morgan fingerprint density at radius 1 is 1.04 bits per heavy atom. The molecule has 0 unspecified atom stereocenters. The standard InChI is InChI=1S/C20H20Cl2N2O2/c1-2-18(25)23-15-8-9-16(22)17(12-15)24-19(26)20(10-3-11-20)13-4-6-14(21)7-5-13/h4-9,12H,2-3,10-11H2,1H3,(H,23,25)(H,24,26). The third kappa shape index (κ3) is 3.71. The van der Waals surface area contributed by atoms with Crippen molar-refractivity contribution in [2.75, 3.05) is 10.6 Å². The quantitative estimate of drug-likeness (QED) is 0.717. The van der Waals surface area contributed by atoms with Crippen LogP contribution in [0.3, 0.4) is 0 Å². The van der Waals surface area contributed by atoms with E-state index >= 15 is 0 Å². The van der Waals surface area contributed by atoms with Crippen molar-refractivity contribution in [3.63, 3.8) is 0 Å². The first kappa shape index (κ1) is 18.7. The average Bonchev–Trinajstić information content (AvgIpc) is 2.58. The Kier molecular flexibility index (Phi) is 5.54. The van der Waals surface area contributed by atoms with Gasteiger partial charge < -0.3 is 10.6 Å². The molecule has 1 fully saturated rings. The Balaban J connectivity index is 1.83. The molecule has 0 radical (unpaired) electrons. The summed E-state index contributed by atoms with van der Waals surface area (Å²) in [4.78, 5) is 24.6. The molecule has 0 atom stereocenters. The summed E-state index contributed by atoms with van der Waals surface area (Å²) < 4.78 is 0.